The summed E-state index contributed by atoms with van der Waals surface area (Å²) in [5.41, 5.74) is 10.3. The van der Waals surface area contributed by atoms with Crippen molar-refractivity contribution in [1.29, 1.82) is 0 Å². The van der Waals surface area contributed by atoms with E-state index >= 15 is 0 Å². The van der Waals surface area contributed by atoms with Gasteiger partial charge < -0.3 is 0 Å². The van der Waals surface area contributed by atoms with Crippen LogP contribution in [0.4, 0.5) is 0 Å². The molecule has 0 N–H and O–H groups in total. The average Bonchev–Trinajstić information content (AvgIpc) is 2.35. The van der Waals surface area contributed by atoms with E-state index < -0.39 is 0 Å². The van der Waals surface area contributed by atoms with Gasteiger partial charge in [-0.05, 0) is 74.9 Å². The molecule has 0 spiro atoms. The zero-order valence-electron chi connectivity index (χ0n) is 13.3. The van der Waals surface area contributed by atoms with Crippen LogP contribution in [0, 0.1) is 41.5 Å². The molecule has 2 aromatic carbocycles. The van der Waals surface area contributed by atoms with Crippen LogP contribution in [-0.2, 0) is 0 Å². The highest BCUT2D eigenvalue weighted by Crippen LogP contribution is 2.36. The molecular formula is C19H23Cl. The molecule has 0 fully saturated rings. The van der Waals surface area contributed by atoms with Gasteiger partial charge >= 0.3 is 0 Å². The maximum Gasteiger partial charge on any atom is 0.0840 e. The number of aryl methyl sites for hydroxylation is 4. The van der Waals surface area contributed by atoms with Crippen LogP contribution < -0.4 is 0 Å². The van der Waals surface area contributed by atoms with Gasteiger partial charge in [-0.2, -0.15) is 0 Å². The lowest BCUT2D eigenvalue weighted by molar-refractivity contribution is 1.05. The lowest BCUT2D eigenvalue weighted by Crippen LogP contribution is -2.04. The van der Waals surface area contributed by atoms with Crippen LogP contribution in [0.2, 0.25) is 0 Å². The topological polar surface area (TPSA) is 0 Å². The summed E-state index contributed by atoms with van der Waals surface area (Å²) >= 11 is 6.83. The van der Waals surface area contributed by atoms with Crippen molar-refractivity contribution >= 4 is 11.6 Å². The highest BCUT2D eigenvalue weighted by molar-refractivity contribution is 6.22. The monoisotopic (exact) mass is 286 g/mol. The summed E-state index contributed by atoms with van der Waals surface area (Å²) in [5, 5.41) is -0.0767. The Kier molecular flexibility index (Phi) is 4.25. The number of halogens is 1. The highest BCUT2D eigenvalue weighted by atomic mass is 35.5. The Balaban J connectivity index is 2.61. The first-order chi connectivity index (χ1) is 9.31. The molecule has 0 radical (unpaired) electrons. The lowest BCUT2D eigenvalue weighted by atomic mass is 9.89. The van der Waals surface area contributed by atoms with E-state index in [4.69, 9.17) is 11.6 Å². The molecule has 0 bridgehead atoms. The fraction of sp³-hybridized carbons (Fsp3) is 0.368. The van der Waals surface area contributed by atoms with Gasteiger partial charge in [0.2, 0.25) is 0 Å². The van der Waals surface area contributed by atoms with Gasteiger partial charge in [-0.1, -0.05) is 35.4 Å². The third-order valence-corrected chi connectivity index (χ3v) is 4.68. The zero-order valence-corrected chi connectivity index (χ0v) is 14.0. The first-order valence-electron chi connectivity index (χ1n) is 7.10. The molecule has 0 saturated carbocycles. The van der Waals surface area contributed by atoms with Crippen molar-refractivity contribution in [3.05, 3.63) is 68.8 Å². The van der Waals surface area contributed by atoms with E-state index in [1.807, 2.05) is 0 Å². The summed E-state index contributed by atoms with van der Waals surface area (Å²) in [5.74, 6) is 0. The first kappa shape index (κ1) is 15.1. The van der Waals surface area contributed by atoms with Crippen molar-refractivity contribution in [3.8, 4) is 0 Å². The third-order valence-electron chi connectivity index (χ3n) is 4.21. The maximum absolute atomic E-state index is 6.83. The minimum atomic E-state index is -0.0767. The number of rotatable bonds is 2. The largest absolute Gasteiger partial charge is 0.113 e. The minimum absolute atomic E-state index is 0.0767. The first-order valence-corrected chi connectivity index (χ1v) is 7.54. The molecule has 1 unspecified atom stereocenters. The van der Waals surface area contributed by atoms with Crippen LogP contribution in [0.5, 0.6) is 0 Å². The van der Waals surface area contributed by atoms with Crippen LogP contribution in [-0.4, -0.2) is 0 Å². The predicted octanol–water partition coefficient (Wildman–Crippen LogP) is 5.87. The molecule has 2 aromatic rings. The van der Waals surface area contributed by atoms with Gasteiger partial charge in [0.15, 0.2) is 0 Å². The molecule has 2 rings (SSSR count). The predicted molar refractivity (Wildman–Crippen MR) is 89.0 cm³/mol. The fourth-order valence-electron chi connectivity index (χ4n) is 2.95. The van der Waals surface area contributed by atoms with Crippen molar-refractivity contribution in [1.82, 2.24) is 0 Å². The fourth-order valence-corrected chi connectivity index (χ4v) is 3.40. The molecule has 1 heteroatoms. The molecule has 0 aromatic heterocycles. The molecule has 20 heavy (non-hydrogen) atoms. The molecule has 0 aliphatic carbocycles. The van der Waals surface area contributed by atoms with Gasteiger partial charge in [-0.25, -0.2) is 0 Å². The number of benzene rings is 2. The summed E-state index contributed by atoms with van der Waals surface area (Å²) < 4.78 is 0. The Morgan fingerprint density at radius 2 is 1.15 bits per heavy atom. The number of alkyl halides is 1. The van der Waals surface area contributed by atoms with E-state index in [2.05, 4.69) is 65.8 Å². The van der Waals surface area contributed by atoms with Crippen molar-refractivity contribution in [3.63, 3.8) is 0 Å². The normalized spacial score (nSPS) is 12.6. The summed E-state index contributed by atoms with van der Waals surface area (Å²) in [6.45, 7) is 12.9. The van der Waals surface area contributed by atoms with Crippen LogP contribution in [0.15, 0.2) is 24.3 Å². The summed E-state index contributed by atoms with van der Waals surface area (Å²) in [4.78, 5) is 0. The molecular weight excluding hydrogens is 264 g/mol. The standard InChI is InChI=1S/C19H23Cl/c1-11-7-12(2)9-17(8-11)19(20)18-15(5)13(3)10-14(4)16(18)6/h7-10,19H,1-6H3. The Hall–Kier alpha value is -1.27. The van der Waals surface area contributed by atoms with Gasteiger partial charge in [0.1, 0.15) is 0 Å². The molecule has 0 heterocycles. The van der Waals surface area contributed by atoms with Gasteiger partial charge in [-0.3, -0.25) is 0 Å². The van der Waals surface area contributed by atoms with E-state index in [0.29, 0.717) is 0 Å². The number of hydrogen-bond donors (Lipinski definition) is 0. The summed E-state index contributed by atoms with van der Waals surface area (Å²) in [6, 6.07) is 8.83. The van der Waals surface area contributed by atoms with Gasteiger partial charge in [0.25, 0.3) is 0 Å². The van der Waals surface area contributed by atoms with Crippen molar-refractivity contribution in [2.24, 2.45) is 0 Å². The van der Waals surface area contributed by atoms with E-state index in [0.717, 1.165) is 0 Å². The zero-order chi connectivity index (χ0) is 15.0. The maximum atomic E-state index is 6.83. The molecule has 0 amide bonds. The highest BCUT2D eigenvalue weighted by Gasteiger charge is 2.18. The second-order valence-corrected chi connectivity index (χ2v) is 6.39. The van der Waals surface area contributed by atoms with Crippen LogP contribution in [0.25, 0.3) is 0 Å². The van der Waals surface area contributed by atoms with Gasteiger partial charge in [0.05, 0.1) is 5.38 Å². The van der Waals surface area contributed by atoms with Gasteiger partial charge in [0, 0.05) is 0 Å². The van der Waals surface area contributed by atoms with Crippen molar-refractivity contribution in [2.45, 2.75) is 46.9 Å². The quantitative estimate of drug-likeness (QED) is 0.606. The molecule has 1 atom stereocenters. The van der Waals surface area contributed by atoms with Crippen molar-refractivity contribution in [2.75, 3.05) is 0 Å². The Labute approximate surface area is 127 Å². The number of hydrogen-bond acceptors (Lipinski definition) is 0. The third kappa shape index (κ3) is 2.76. The van der Waals surface area contributed by atoms with E-state index in [1.54, 1.807) is 0 Å². The molecule has 106 valence electrons. The molecule has 0 aliphatic rings. The van der Waals surface area contributed by atoms with Crippen molar-refractivity contribution < 1.29 is 0 Å². The molecule has 0 nitrogen and oxygen atoms in total. The minimum Gasteiger partial charge on any atom is -0.113 e. The van der Waals surface area contributed by atoms with E-state index in [9.17, 15) is 0 Å². The molecule has 0 aliphatic heterocycles. The average molecular weight is 287 g/mol. The van der Waals surface area contributed by atoms with Crippen LogP contribution >= 0.6 is 11.6 Å². The van der Waals surface area contributed by atoms with E-state index in [-0.39, 0.29) is 5.38 Å². The Bertz CT molecular complexity index is 607. The van der Waals surface area contributed by atoms with Crippen LogP contribution in [0.3, 0.4) is 0 Å². The summed E-state index contributed by atoms with van der Waals surface area (Å²) in [7, 11) is 0. The molecule has 0 saturated heterocycles. The van der Waals surface area contributed by atoms with Crippen LogP contribution in [0.1, 0.15) is 49.9 Å². The second-order valence-electron chi connectivity index (χ2n) is 5.96. The second kappa shape index (κ2) is 5.61. The van der Waals surface area contributed by atoms with Gasteiger partial charge in [-0.15, -0.1) is 11.6 Å². The SMILES string of the molecule is Cc1cc(C)cc(C(Cl)c2c(C)c(C)cc(C)c2C)c1. The Morgan fingerprint density at radius 1 is 0.700 bits per heavy atom. The summed E-state index contributed by atoms with van der Waals surface area (Å²) in [6.07, 6.45) is 0. The Morgan fingerprint density at radius 3 is 1.60 bits per heavy atom. The van der Waals surface area contributed by atoms with E-state index in [1.165, 1.54) is 44.5 Å². The smallest absolute Gasteiger partial charge is 0.0840 e. The lowest BCUT2D eigenvalue weighted by Gasteiger charge is -2.20.